The van der Waals surface area contributed by atoms with Crippen LogP contribution in [-0.4, -0.2) is 29.7 Å². The van der Waals surface area contributed by atoms with E-state index in [-0.39, 0.29) is 28.6 Å². The van der Waals surface area contributed by atoms with Gasteiger partial charge >= 0.3 is 0 Å². The minimum absolute atomic E-state index is 0.218. The molecule has 21 heavy (non-hydrogen) atoms. The largest absolute Gasteiger partial charge is 0.350 e. The summed E-state index contributed by atoms with van der Waals surface area (Å²) in [6.07, 6.45) is 0.753. The molecule has 0 aromatic heterocycles. The average molecular weight is 309 g/mol. The van der Waals surface area contributed by atoms with Crippen LogP contribution in [-0.2, 0) is 9.59 Å². The number of carbonyl (C=O) groups excluding carboxylic acids is 3. The van der Waals surface area contributed by atoms with Gasteiger partial charge in [-0.15, -0.1) is 0 Å². The number of benzene rings is 1. The molecule has 6 heteroatoms. The molecule has 0 radical (unpaired) electrons. The second-order valence-electron chi connectivity index (χ2n) is 5.64. The van der Waals surface area contributed by atoms with Gasteiger partial charge < -0.3 is 5.32 Å². The minimum atomic E-state index is -0.720. The van der Waals surface area contributed by atoms with E-state index in [1.807, 2.05) is 20.8 Å². The van der Waals surface area contributed by atoms with Crippen molar-refractivity contribution in [2.75, 3.05) is 11.4 Å². The summed E-state index contributed by atoms with van der Waals surface area (Å²) in [5.74, 6) is -1.67. The van der Waals surface area contributed by atoms with Gasteiger partial charge in [0.2, 0.25) is 5.91 Å². The molecule has 2 rings (SSSR count). The topological polar surface area (TPSA) is 66.5 Å². The van der Waals surface area contributed by atoms with Crippen LogP contribution in [0.15, 0.2) is 18.2 Å². The number of nitrogens with zero attached hydrogens (tertiary/aromatic N) is 1. The molecule has 1 N–H and O–H groups in total. The number of para-hydroxylation sites is 1. The lowest BCUT2D eigenvalue weighted by Gasteiger charge is -2.26. The monoisotopic (exact) mass is 308 g/mol. The van der Waals surface area contributed by atoms with E-state index in [2.05, 4.69) is 5.32 Å². The maximum atomic E-state index is 12.1. The summed E-state index contributed by atoms with van der Waals surface area (Å²) in [4.78, 5) is 37.2. The second kappa shape index (κ2) is 5.48. The van der Waals surface area contributed by atoms with Crippen molar-refractivity contribution in [2.45, 2.75) is 32.7 Å². The van der Waals surface area contributed by atoms with Crippen LogP contribution in [0.2, 0.25) is 5.02 Å². The molecule has 2 amide bonds. The lowest BCUT2D eigenvalue weighted by Crippen LogP contribution is -2.48. The fourth-order valence-electron chi connectivity index (χ4n) is 2.11. The lowest BCUT2D eigenvalue weighted by molar-refractivity contribution is -0.123. The van der Waals surface area contributed by atoms with Gasteiger partial charge in [-0.25, -0.2) is 0 Å². The summed E-state index contributed by atoms with van der Waals surface area (Å²) in [5.41, 5.74) is 0.196. The van der Waals surface area contributed by atoms with Crippen molar-refractivity contribution in [2.24, 2.45) is 0 Å². The molecule has 0 bridgehead atoms. The molecule has 1 aliphatic heterocycles. The molecule has 1 aliphatic rings. The third-order valence-electron chi connectivity index (χ3n) is 3.60. The highest BCUT2D eigenvalue weighted by Gasteiger charge is 2.38. The molecule has 0 saturated carbocycles. The maximum absolute atomic E-state index is 12.1. The molecular formula is C15H17ClN2O3. The van der Waals surface area contributed by atoms with Crippen LogP contribution < -0.4 is 10.2 Å². The maximum Gasteiger partial charge on any atom is 0.300 e. The van der Waals surface area contributed by atoms with Gasteiger partial charge in [0.15, 0.2) is 0 Å². The molecular weight excluding hydrogens is 292 g/mol. The zero-order valence-corrected chi connectivity index (χ0v) is 13.0. The predicted octanol–water partition coefficient (Wildman–Crippen LogP) is 2.17. The van der Waals surface area contributed by atoms with Gasteiger partial charge in [0, 0.05) is 5.54 Å². The summed E-state index contributed by atoms with van der Waals surface area (Å²) < 4.78 is 0. The Morgan fingerprint density at radius 2 is 2.00 bits per heavy atom. The number of hydrogen-bond donors (Lipinski definition) is 1. The zero-order chi connectivity index (χ0) is 15.8. The summed E-state index contributed by atoms with van der Waals surface area (Å²) in [6.45, 7) is 5.52. The smallest absolute Gasteiger partial charge is 0.300 e. The molecule has 0 fully saturated rings. The first-order valence-corrected chi connectivity index (χ1v) is 7.10. The van der Waals surface area contributed by atoms with Crippen molar-refractivity contribution in [3.05, 3.63) is 28.8 Å². The van der Waals surface area contributed by atoms with Gasteiger partial charge in [0.05, 0.1) is 16.3 Å². The minimum Gasteiger partial charge on any atom is -0.350 e. The average Bonchev–Trinajstić information content (AvgIpc) is 2.65. The summed E-state index contributed by atoms with van der Waals surface area (Å²) in [5, 5.41) is 3.12. The molecule has 1 aromatic carbocycles. The number of nitrogens with one attached hydrogen (secondary N) is 1. The fraction of sp³-hybridized carbons (Fsp3) is 0.400. The van der Waals surface area contributed by atoms with Crippen LogP contribution in [0.25, 0.3) is 0 Å². The number of hydrogen-bond acceptors (Lipinski definition) is 3. The standard InChI is InChI=1S/C15H17ClN2O3/c1-4-15(2,3)17-11(19)8-18-12-9(13(20)14(18)21)6-5-7-10(12)16/h5-7H,4,8H2,1-3H3,(H,17,19). The van der Waals surface area contributed by atoms with Crippen LogP contribution in [0.5, 0.6) is 0 Å². The van der Waals surface area contributed by atoms with Crippen LogP contribution >= 0.6 is 11.6 Å². The Kier molecular flexibility index (Phi) is 4.05. The molecule has 1 aromatic rings. The van der Waals surface area contributed by atoms with E-state index in [0.29, 0.717) is 5.69 Å². The van der Waals surface area contributed by atoms with Crippen molar-refractivity contribution in [1.29, 1.82) is 0 Å². The Hall–Kier alpha value is -1.88. The van der Waals surface area contributed by atoms with Gasteiger partial charge in [-0.05, 0) is 32.4 Å². The highest BCUT2D eigenvalue weighted by molar-refractivity contribution is 6.54. The SMILES string of the molecule is CCC(C)(C)NC(=O)CN1C(=O)C(=O)c2cccc(Cl)c21. The summed E-state index contributed by atoms with van der Waals surface area (Å²) in [6, 6.07) is 4.73. The molecule has 0 unspecified atom stereocenters. The van der Waals surface area contributed by atoms with Gasteiger partial charge in [-0.2, -0.15) is 0 Å². The first-order chi connectivity index (χ1) is 9.76. The third-order valence-corrected chi connectivity index (χ3v) is 3.91. The van der Waals surface area contributed by atoms with Gasteiger partial charge in [-0.1, -0.05) is 24.6 Å². The van der Waals surface area contributed by atoms with E-state index in [1.165, 1.54) is 6.07 Å². The van der Waals surface area contributed by atoms with E-state index >= 15 is 0 Å². The van der Waals surface area contributed by atoms with E-state index in [4.69, 9.17) is 11.6 Å². The molecule has 1 heterocycles. The fourth-order valence-corrected chi connectivity index (χ4v) is 2.39. The summed E-state index contributed by atoms with van der Waals surface area (Å²) in [7, 11) is 0. The highest BCUT2D eigenvalue weighted by Crippen LogP contribution is 2.35. The molecule has 0 aliphatic carbocycles. The van der Waals surface area contributed by atoms with Gasteiger partial charge in [-0.3, -0.25) is 19.3 Å². The number of amides is 2. The van der Waals surface area contributed by atoms with E-state index in [9.17, 15) is 14.4 Å². The van der Waals surface area contributed by atoms with E-state index in [1.54, 1.807) is 12.1 Å². The number of ketones is 1. The number of Topliss-reactive ketones (excluding diaryl/α,β-unsaturated/α-hetero) is 1. The Bertz CT molecular complexity index is 625. The van der Waals surface area contributed by atoms with Crippen molar-refractivity contribution in [3.63, 3.8) is 0 Å². The normalized spacial score (nSPS) is 14.4. The number of rotatable bonds is 4. The Morgan fingerprint density at radius 1 is 1.33 bits per heavy atom. The molecule has 112 valence electrons. The molecule has 0 saturated heterocycles. The summed E-state index contributed by atoms with van der Waals surface area (Å²) >= 11 is 6.06. The highest BCUT2D eigenvalue weighted by atomic mass is 35.5. The molecule has 0 spiro atoms. The molecule has 5 nitrogen and oxygen atoms in total. The van der Waals surface area contributed by atoms with Crippen LogP contribution in [0.1, 0.15) is 37.6 Å². The quantitative estimate of drug-likeness (QED) is 0.867. The first-order valence-electron chi connectivity index (χ1n) is 6.72. The molecule has 0 atom stereocenters. The van der Waals surface area contributed by atoms with Crippen LogP contribution in [0.4, 0.5) is 5.69 Å². The number of fused-ring (bicyclic) bond motifs is 1. The number of halogens is 1. The van der Waals surface area contributed by atoms with Crippen molar-refractivity contribution in [3.8, 4) is 0 Å². The van der Waals surface area contributed by atoms with Crippen molar-refractivity contribution in [1.82, 2.24) is 5.32 Å². The Labute approximate surface area is 128 Å². The second-order valence-corrected chi connectivity index (χ2v) is 6.05. The van der Waals surface area contributed by atoms with Gasteiger partial charge in [0.25, 0.3) is 11.7 Å². The Morgan fingerprint density at radius 3 is 2.62 bits per heavy atom. The van der Waals surface area contributed by atoms with E-state index in [0.717, 1.165) is 11.3 Å². The van der Waals surface area contributed by atoms with Crippen LogP contribution in [0, 0.1) is 0 Å². The van der Waals surface area contributed by atoms with E-state index < -0.39 is 11.7 Å². The Balaban J connectivity index is 2.25. The first kappa shape index (κ1) is 15.5. The van der Waals surface area contributed by atoms with Crippen molar-refractivity contribution < 1.29 is 14.4 Å². The number of carbonyl (C=O) groups is 3. The zero-order valence-electron chi connectivity index (χ0n) is 12.2. The van der Waals surface area contributed by atoms with Gasteiger partial charge in [0.1, 0.15) is 6.54 Å². The predicted molar refractivity (Wildman–Crippen MR) is 80.6 cm³/mol. The lowest BCUT2D eigenvalue weighted by atomic mass is 10.0. The third kappa shape index (κ3) is 2.93. The van der Waals surface area contributed by atoms with Crippen LogP contribution in [0.3, 0.4) is 0 Å². The van der Waals surface area contributed by atoms with Crippen molar-refractivity contribution >= 4 is 34.9 Å². The number of anilines is 1.